The minimum Gasteiger partial charge on any atom is -0.399 e. The predicted octanol–water partition coefficient (Wildman–Crippen LogP) is 3.93. The molecule has 3 aromatic rings. The number of nitrogen functional groups attached to an aromatic ring is 1. The van der Waals surface area contributed by atoms with Crippen LogP contribution in [-0.2, 0) is 6.18 Å². The molecule has 0 spiro atoms. The van der Waals surface area contributed by atoms with E-state index in [9.17, 15) is 13.2 Å². The van der Waals surface area contributed by atoms with Crippen LogP contribution >= 0.6 is 0 Å². The molecule has 3 nitrogen and oxygen atoms in total. The van der Waals surface area contributed by atoms with E-state index in [1.165, 1.54) is 6.07 Å². The lowest BCUT2D eigenvalue weighted by Crippen LogP contribution is -2.13. The van der Waals surface area contributed by atoms with E-state index in [4.69, 9.17) is 5.73 Å². The fraction of sp³-hybridized carbons (Fsp3) is 0.133. The van der Waals surface area contributed by atoms with Crippen molar-refractivity contribution in [3.05, 3.63) is 53.9 Å². The van der Waals surface area contributed by atoms with Crippen LogP contribution in [0.4, 0.5) is 18.9 Å². The minimum atomic E-state index is -4.54. The van der Waals surface area contributed by atoms with Gasteiger partial charge in [0.2, 0.25) is 5.82 Å². The first-order chi connectivity index (χ1) is 9.86. The standard InChI is InChI=1S/C15H12F3N3/c1-9-3-2-4-11(7-9)21-13-6-5-10(19)8-12(13)20-14(21)15(16,17)18/h2-8H,19H2,1H3. The zero-order valence-corrected chi connectivity index (χ0v) is 11.1. The molecule has 0 amide bonds. The Balaban J connectivity index is 2.38. The molecule has 1 aromatic heterocycles. The lowest BCUT2D eigenvalue weighted by molar-refractivity contribution is -0.145. The molecule has 0 atom stereocenters. The highest BCUT2D eigenvalue weighted by Gasteiger charge is 2.38. The van der Waals surface area contributed by atoms with Crippen LogP contribution in [0.2, 0.25) is 0 Å². The molecule has 0 aliphatic carbocycles. The van der Waals surface area contributed by atoms with Gasteiger partial charge < -0.3 is 5.73 Å². The summed E-state index contributed by atoms with van der Waals surface area (Å²) < 4.78 is 40.9. The second-order valence-electron chi connectivity index (χ2n) is 4.86. The van der Waals surface area contributed by atoms with Crippen molar-refractivity contribution < 1.29 is 13.2 Å². The van der Waals surface area contributed by atoms with E-state index in [2.05, 4.69) is 4.98 Å². The van der Waals surface area contributed by atoms with Crippen molar-refractivity contribution in [1.82, 2.24) is 9.55 Å². The molecule has 6 heteroatoms. The Labute approximate surface area is 118 Å². The number of aromatic nitrogens is 2. The van der Waals surface area contributed by atoms with Crippen molar-refractivity contribution in [3.8, 4) is 5.69 Å². The lowest BCUT2D eigenvalue weighted by atomic mass is 10.2. The summed E-state index contributed by atoms with van der Waals surface area (Å²) in [7, 11) is 0. The Morgan fingerprint density at radius 3 is 2.52 bits per heavy atom. The number of benzene rings is 2. The maximum absolute atomic E-state index is 13.3. The third kappa shape index (κ3) is 2.33. The van der Waals surface area contributed by atoms with E-state index < -0.39 is 12.0 Å². The number of nitrogens with two attached hydrogens (primary N) is 1. The van der Waals surface area contributed by atoms with Gasteiger partial charge in [-0.15, -0.1) is 0 Å². The molecule has 21 heavy (non-hydrogen) atoms. The topological polar surface area (TPSA) is 43.8 Å². The van der Waals surface area contributed by atoms with E-state index in [1.807, 2.05) is 13.0 Å². The molecule has 2 N–H and O–H groups in total. The quantitative estimate of drug-likeness (QED) is 0.690. The number of anilines is 1. The largest absolute Gasteiger partial charge is 0.450 e. The van der Waals surface area contributed by atoms with Gasteiger partial charge in [-0.05, 0) is 42.8 Å². The van der Waals surface area contributed by atoms with Crippen LogP contribution in [0.1, 0.15) is 11.4 Å². The number of hydrogen-bond acceptors (Lipinski definition) is 2. The molecule has 0 aliphatic heterocycles. The molecule has 3 rings (SSSR count). The van der Waals surface area contributed by atoms with Crippen molar-refractivity contribution in [2.45, 2.75) is 13.1 Å². The monoisotopic (exact) mass is 291 g/mol. The highest BCUT2D eigenvalue weighted by Crippen LogP contribution is 2.34. The molecule has 108 valence electrons. The first kappa shape index (κ1) is 13.5. The average molecular weight is 291 g/mol. The van der Waals surface area contributed by atoms with Gasteiger partial charge in [0.15, 0.2) is 0 Å². The smallest absolute Gasteiger partial charge is 0.399 e. The highest BCUT2D eigenvalue weighted by molar-refractivity contribution is 5.81. The number of imidazole rings is 1. The van der Waals surface area contributed by atoms with E-state index >= 15 is 0 Å². The second-order valence-corrected chi connectivity index (χ2v) is 4.86. The summed E-state index contributed by atoms with van der Waals surface area (Å²) in [6.07, 6.45) is -4.54. The summed E-state index contributed by atoms with van der Waals surface area (Å²) >= 11 is 0. The summed E-state index contributed by atoms with van der Waals surface area (Å²) in [5, 5.41) is 0. The third-order valence-corrected chi connectivity index (χ3v) is 3.19. The van der Waals surface area contributed by atoms with Crippen molar-refractivity contribution in [2.24, 2.45) is 0 Å². The number of fused-ring (bicyclic) bond motifs is 1. The summed E-state index contributed by atoms with van der Waals surface area (Å²) in [6, 6.07) is 11.4. The van der Waals surface area contributed by atoms with Crippen LogP contribution in [0.3, 0.4) is 0 Å². The van der Waals surface area contributed by atoms with Gasteiger partial charge in [-0.1, -0.05) is 12.1 Å². The summed E-state index contributed by atoms with van der Waals surface area (Å²) in [6.45, 7) is 1.83. The molecular weight excluding hydrogens is 279 g/mol. The Morgan fingerprint density at radius 1 is 1.10 bits per heavy atom. The molecule has 0 bridgehead atoms. The van der Waals surface area contributed by atoms with Gasteiger partial charge in [0.1, 0.15) is 0 Å². The van der Waals surface area contributed by atoms with Gasteiger partial charge in [0.25, 0.3) is 0 Å². The first-order valence-electron chi connectivity index (χ1n) is 6.28. The summed E-state index contributed by atoms with van der Waals surface area (Å²) in [4.78, 5) is 3.71. The van der Waals surface area contributed by atoms with E-state index in [0.717, 1.165) is 10.1 Å². The molecule has 0 saturated heterocycles. The second kappa shape index (κ2) is 4.51. The number of alkyl halides is 3. The van der Waals surface area contributed by atoms with E-state index in [1.54, 1.807) is 30.3 Å². The van der Waals surface area contributed by atoms with Gasteiger partial charge in [-0.25, -0.2) is 4.98 Å². The van der Waals surface area contributed by atoms with Crippen LogP contribution in [0, 0.1) is 6.92 Å². The molecular formula is C15H12F3N3. The van der Waals surface area contributed by atoms with Gasteiger partial charge in [0, 0.05) is 11.4 Å². The fourth-order valence-corrected chi connectivity index (χ4v) is 2.32. The normalized spacial score (nSPS) is 12.0. The molecule has 2 aromatic carbocycles. The molecule has 0 aliphatic rings. The Bertz CT molecular complexity index is 819. The van der Waals surface area contributed by atoms with Crippen LogP contribution < -0.4 is 5.73 Å². The number of aryl methyl sites for hydroxylation is 1. The van der Waals surface area contributed by atoms with Crippen LogP contribution in [-0.4, -0.2) is 9.55 Å². The highest BCUT2D eigenvalue weighted by atomic mass is 19.4. The maximum atomic E-state index is 13.3. The van der Waals surface area contributed by atoms with Gasteiger partial charge >= 0.3 is 6.18 Å². The molecule has 0 unspecified atom stereocenters. The van der Waals surface area contributed by atoms with E-state index in [0.29, 0.717) is 16.9 Å². The van der Waals surface area contributed by atoms with Crippen molar-refractivity contribution in [1.29, 1.82) is 0 Å². The van der Waals surface area contributed by atoms with Crippen molar-refractivity contribution >= 4 is 16.7 Å². The Morgan fingerprint density at radius 2 is 1.86 bits per heavy atom. The number of nitrogens with zero attached hydrogens (tertiary/aromatic N) is 2. The molecule has 1 heterocycles. The Kier molecular flexibility index (Phi) is 2.90. The SMILES string of the molecule is Cc1cccc(-n2c(C(F)(F)F)nc3cc(N)ccc32)c1. The van der Waals surface area contributed by atoms with Crippen molar-refractivity contribution in [3.63, 3.8) is 0 Å². The Hall–Kier alpha value is -2.50. The zero-order valence-electron chi connectivity index (χ0n) is 11.1. The molecule has 0 fully saturated rings. The van der Waals surface area contributed by atoms with Crippen molar-refractivity contribution in [2.75, 3.05) is 5.73 Å². The number of rotatable bonds is 1. The fourth-order valence-electron chi connectivity index (χ4n) is 2.32. The third-order valence-electron chi connectivity index (χ3n) is 3.19. The average Bonchev–Trinajstić information content (AvgIpc) is 2.77. The molecule has 0 saturated carbocycles. The number of halogens is 3. The lowest BCUT2D eigenvalue weighted by Gasteiger charge is -2.12. The number of hydrogen-bond donors (Lipinski definition) is 1. The first-order valence-corrected chi connectivity index (χ1v) is 6.28. The molecule has 0 radical (unpaired) electrons. The van der Waals surface area contributed by atoms with Gasteiger partial charge in [0.05, 0.1) is 11.0 Å². The van der Waals surface area contributed by atoms with Crippen LogP contribution in [0.15, 0.2) is 42.5 Å². The van der Waals surface area contributed by atoms with E-state index in [-0.39, 0.29) is 5.52 Å². The minimum absolute atomic E-state index is 0.226. The maximum Gasteiger partial charge on any atom is 0.450 e. The van der Waals surface area contributed by atoms with Crippen LogP contribution in [0.25, 0.3) is 16.7 Å². The summed E-state index contributed by atoms with van der Waals surface area (Å²) in [5.41, 5.74) is 7.91. The zero-order chi connectivity index (χ0) is 15.2. The van der Waals surface area contributed by atoms with Gasteiger partial charge in [-0.2, -0.15) is 13.2 Å². The predicted molar refractivity (Wildman–Crippen MR) is 75.2 cm³/mol. The summed E-state index contributed by atoms with van der Waals surface area (Å²) in [5.74, 6) is -0.950. The van der Waals surface area contributed by atoms with Gasteiger partial charge in [-0.3, -0.25) is 4.57 Å². The van der Waals surface area contributed by atoms with Crippen LogP contribution in [0.5, 0.6) is 0 Å².